The van der Waals surface area contributed by atoms with E-state index in [4.69, 9.17) is 0 Å². The van der Waals surface area contributed by atoms with Gasteiger partial charge in [-0.1, -0.05) is 36.4 Å². The first kappa shape index (κ1) is 21.1. The molecular formula is C25H23N3O4S. The van der Waals surface area contributed by atoms with Crippen molar-refractivity contribution < 1.29 is 18.3 Å². The van der Waals surface area contributed by atoms with E-state index >= 15 is 0 Å². The van der Waals surface area contributed by atoms with Crippen LogP contribution in [0.3, 0.4) is 0 Å². The smallest absolute Gasteiger partial charge is 0.268 e. The minimum absolute atomic E-state index is 0.173. The van der Waals surface area contributed by atoms with Crippen LogP contribution in [0.25, 0.3) is 10.9 Å². The van der Waals surface area contributed by atoms with Crippen molar-refractivity contribution in [3.8, 4) is 5.75 Å². The molecule has 4 aromatic rings. The summed E-state index contributed by atoms with van der Waals surface area (Å²) in [6, 6.07) is 22.3. The second-order valence-corrected chi connectivity index (χ2v) is 9.78. The molecule has 1 aliphatic heterocycles. The Hall–Kier alpha value is -3.78. The maximum atomic E-state index is 13.4. The number of piperazine rings is 1. The zero-order chi connectivity index (χ0) is 23.0. The largest absolute Gasteiger partial charge is 0.508 e. The predicted octanol–water partition coefficient (Wildman–Crippen LogP) is 3.55. The van der Waals surface area contributed by atoms with Crippen LogP contribution in [0.15, 0.2) is 90.0 Å². The lowest BCUT2D eigenvalue weighted by atomic mass is 10.1. The first-order valence-electron chi connectivity index (χ1n) is 10.7. The highest BCUT2D eigenvalue weighted by Crippen LogP contribution is 2.28. The Bertz CT molecular complexity index is 1410. The summed E-state index contributed by atoms with van der Waals surface area (Å²) in [7, 11) is -3.84. The number of phenolic OH excluding ortho intramolecular Hbond substituents is 1. The molecule has 0 bridgehead atoms. The van der Waals surface area contributed by atoms with Crippen LogP contribution >= 0.6 is 0 Å². The van der Waals surface area contributed by atoms with Crippen LogP contribution in [0.5, 0.6) is 5.75 Å². The van der Waals surface area contributed by atoms with Crippen molar-refractivity contribution in [1.29, 1.82) is 0 Å². The average molecular weight is 462 g/mol. The van der Waals surface area contributed by atoms with Gasteiger partial charge >= 0.3 is 0 Å². The Kier molecular flexibility index (Phi) is 5.30. The molecule has 1 amide bonds. The number of aromatic hydroxyl groups is 1. The van der Waals surface area contributed by atoms with Gasteiger partial charge in [0.05, 0.1) is 16.0 Å². The number of fused-ring (bicyclic) bond motifs is 1. The van der Waals surface area contributed by atoms with Crippen LogP contribution < -0.4 is 4.90 Å². The number of anilines is 1. The molecule has 3 aromatic carbocycles. The highest BCUT2D eigenvalue weighted by Gasteiger charge is 2.28. The molecule has 1 aromatic heterocycles. The topological polar surface area (TPSA) is 82.9 Å². The van der Waals surface area contributed by atoms with Crippen molar-refractivity contribution >= 4 is 32.5 Å². The summed E-state index contributed by atoms with van der Waals surface area (Å²) in [6.07, 6.45) is 1.45. The Morgan fingerprint density at radius 3 is 2.12 bits per heavy atom. The van der Waals surface area contributed by atoms with E-state index in [9.17, 15) is 18.3 Å². The van der Waals surface area contributed by atoms with Gasteiger partial charge in [0.15, 0.2) is 0 Å². The van der Waals surface area contributed by atoms with Gasteiger partial charge in [-0.05, 0) is 42.5 Å². The van der Waals surface area contributed by atoms with E-state index in [1.165, 1.54) is 10.2 Å². The fourth-order valence-corrected chi connectivity index (χ4v) is 5.62. The zero-order valence-corrected chi connectivity index (χ0v) is 18.6. The van der Waals surface area contributed by atoms with Gasteiger partial charge in [0, 0.05) is 43.4 Å². The monoisotopic (exact) mass is 461 g/mol. The molecule has 1 fully saturated rings. The summed E-state index contributed by atoms with van der Waals surface area (Å²) in [5.74, 6) is 0.0352. The highest BCUT2D eigenvalue weighted by molar-refractivity contribution is 7.90. The molecule has 1 aliphatic rings. The number of para-hydroxylation sites is 1. The maximum Gasteiger partial charge on any atom is 0.268 e. The Labute approximate surface area is 192 Å². The van der Waals surface area contributed by atoms with Crippen LogP contribution in [0.2, 0.25) is 0 Å². The van der Waals surface area contributed by atoms with E-state index in [1.54, 1.807) is 71.6 Å². The van der Waals surface area contributed by atoms with Gasteiger partial charge in [0.2, 0.25) is 0 Å². The van der Waals surface area contributed by atoms with E-state index < -0.39 is 10.0 Å². The van der Waals surface area contributed by atoms with Crippen molar-refractivity contribution in [2.75, 3.05) is 31.1 Å². The molecule has 1 saturated heterocycles. The van der Waals surface area contributed by atoms with Crippen molar-refractivity contribution in [1.82, 2.24) is 8.87 Å². The average Bonchev–Trinajstić information content (AvgIpc) is 3.25. The maximum absolute atomic E-state index is 13.4. The zero-order valence-electron chi connectivity index (χ0n) is 17.8. The predicted molar refractivity (Wildman–Crippen MR) is 127 cm³/mol. The lowest BCUT2D eigenvalue weighted by Gasteiger charge is -2.36. The summed E-state index contributed by atoms with van der Waals surface area (Å²) in [6.45, 7) is 2.34. The third-order valence-corrected chi connectivity index (χ3v) is 7.68. The quantitative estimate of drug-likeness (QED) is 0.503. The molecule has 2 heterocycles. The fraction of sp³-hybridized carbons (Fsp3) is 0.160. The molecule has 7 nitrogen and oxygen atoms in total. The second kappa shape index (κ2) is 8.29. The van der Waals surface area contributed by atoms with E-state index in [1.807, 2.05) is 12.1 Å². The van der Waals surface area contributed by atoms with Gasteiger partial charge in [0.25, 0.3) is 15.9 Å². The molecular weight excluding hydrogens is 438 g/mol. The number of carbonyl (C=O) groups is 1. The molecule has 0 saturated carbocycles. The lowest BCUT2D eigenvalue weighted by Crippen LogP contribution is -2.48. The van der Waals surface area contributed by atoms with Gasteiger partial charge in [0.1, 0.15) is 5.75 Å². The first-order valence-corrected chi connectivity index (χ1v) is 12.1. The molecule has 5 rings (SSSR count). The van der Waals surface area contributed by atoms with E-state index in [2.05, 4.69) is 4.90 Å². The number of aromatic nitrogens is 1. The molecule has 8 heteroatoms. The minimum Gasteiger partial charge on any atom is -0.508 e. The second-order valence-electron chi connectivity index (χ2n) is 7.97. The SMILES string of the molecule is O=C(c1cn(S(=O)(=O)c2ccccc2)c2ccccc12)N1CCN(c2ccc(O)cc2)CC1. The van der Waals surface area contributed by atoms with Crippen molar-refractivity contribution in [3.05, 3.63) is 90.6 Å². The van der Waals surface area contributed by atoms with Crippen molar-refractivity contribution in [2.24, 2.45) is 0 Å². The van der Waals surface area contributed by atoms with Crippen LogP contribution in [0.1, 0.15) is 10.4 Å². The van der Waals surface area contributed by atoms with Gasteiger partial charge in [-0.3, -0.25) is 4.79 Å². The first-order chi connectivity index (χ1) is 15.9. The lowest BCUT2D eigenvalue weighted by molar-refractivity contribution is 0.0748. The number of carbonyl (C=O) groups excluding carboxylic acids is 1. The molecule has 0 unspecified atom stereocenters. The summed E-state index contributed by atoms with van der Waals surface area (Å²) in [4.78, 5) is 17.5. The Morgan fingerprint density at radius 2 is 1.42 bits per heavy atom. The van der Waals surface area contributed by atoms with Crippen LogP contribution in [0.4, 0.5) is 5.69 Å². The number of hydrogen-bond donors (Lipinski definition) is 1. The number of hydrogen-bond acceptors (Lipinski definition) is 5. The molecule has 168 valence electrons. The molecule has 33 heavy (non-hydrogen) atoms. The molecule has 1 N–H and O–H groups in total. The molecule has 0 spiro atoms. The molecule has 0 radical (unpaired) electrons. The normalized spacial score (nSPS) is 14.5. The number of phenols is 1. The molecule has 0 atom stereocenters. The third-order valence-electron chi connectivity index (χ3n) is 5.99. The van der Waals surface area contributed by atoms with Crippen LogP contribution in [-0.2, 0) is 10.0 Å². The number of rotatable bonds is 4. The fourth-order valence-electron chi connectivity index (χ4n) is 4.23. The standard InChI is InChI=1S/C25H23N3O4S/c29-20-12-10-19(11-13-20)26-14-16-27(17-15-26)25(30)23-18-28(24-9-5-4-8-22(23)24)33(31,32)21-6-2-1-3-7-21/h1-13,18,29H,14-17H2. The van der Waals surface area contributed by atoms with Gasteiger partial charge < -0.3 is 14.9 Å². The number of nitrogens with zero attached hydrogens (tertiary/aromatic N) is 3. The van der Waals surface area contributed by atoms with Gasteiger partial charge in [-0.25, -0.2) is 12.4 Å². The summed E-state index contributed by atoms with van der Waals surface area (Å²) in [5.41, 5.74) is 1.85. The summed E-state index contributed by atoms with van der Waals surface area (Å²) < 4.78 is 27.8. The minimum atomic E-state index is -3.84. The van der Waals surface area contributed by atoms with Crippen LogP contribution in [-0.4, -0.2) is 54.5 Å². The van der Waals surface area contributed by atoms with E-state index in [-0.39, 0.29) is 16.6 Å². The summed E-state index contributed by atoms with van der Waals surface area (Å²) >= 11 is 0. The number of amides is 1. The third kappa shape index (κ3) is 3.82. The summed E-state index contributed by atoms with van der Waals surface area (Å²) in [5, 5.41) is 10.1. The van der Waals surface area contributed by atoms with Crippen LogP contribution in [0, 0.1) is 0 Å². The van der Waals surface area contributed by atoms with E-state index in [0.29, 0.717) is 42.6 Å². The number of benzene rings is 3. The van der Waals surface area contributed by atoms with Gasteiger partial charge in [-0.2, -0.15) is 0 Å². The molecule has 0 aliphatic carbocycles. The van der Waals surface area contributed by atoms with Crippen molar-refractivity contribution in [3.63, 3.8) is 0 Å². The Balaban J connectivity index is 1.44. The van der Waals surface area contributed by atoms with Crippen molar-refractivity contribution in [2.45, 2.75) is 4.90 Å². The van der Waals surface area contributed by atoms with E-state index in [0.717, 1.165) is 5.69 Å². The Morgan fingerprint density at radius 1 is 0.788 bits per heavy atom. The highest BCUT2D eigenvalue weighted by atomic mass is 32.2. The van der Waals surface area contributed by atoms with Gasteiger partial charge in [-0.15, -0.1) is 0 Å².